The highest BCUT2D eigenvalue weighted by Crippen LogP contribution is 2.18. The third kappa shape index (κ3) is 5.09. The molecule has 1 fully saturated rings. The molecule has 2 aromatic rings. The number of aryl methyl sites for hydroxylation is 2. The lowest BCUT2D eigenvalue weighted by Gasteiger charge is -2.31. The van der Waals surface area contributed by atoms with Gasteiger partial charge in [-0.3, -0.25) is 9.59 Å². The number of rotatable bonds is 5. The van der Waals surface area contributed by atoms with Crippen molar-refractivity contribution in [2.75, 3.05) is 19.6 Å². The van der Waals surface area contributed by atoms with Gasteiger partial charge < -0.3 is 14.6 Å². The molecule has 2 heterocycles. The van der Waals surface area contributed by atoms with E-state index in [9.17, 15) is 9.59 Å². The van der Waals surface area contributed by atoms with E-state index in [4.69, 9.17) is 4.42 Å². The fraction of sp³-hybridized carbons (Fsp3) is 0.364. The van der Waals surface area contributed by atoms with Crippen molar-refractivity contribution >= 4 is 17.9 Å². The highest BCUT2D eigenvalue weighted by Gasteiger charge is 2.22. The van der Waals surface area contributed by atoms with Gasteiger partial charge in [0.25, 0.3) is 5.91 Å². The Morgan fingerprint density at radius 1 is 1.22 bits per heavy atom. The van der Waals surface area contributed by atoms with Crippen LogP contribution in [0.2, 0.25) is 0 Å². The second-order valence-corrected chi connectivity index (χ2v) is 7.15. The van der Waals surface area contributed by atoms with Crippen LogP contribution >= 0.6 is 0 Å². The summed E-state index contributed by atoms with van der Waals surface area (Å²) in [7, 11) is 0. The molecular weight excluding hydrogens is 340 g/mol. The minimum Gasteiger partial charge on any atom is -0.465 e. The molecule has 0 unspecified atom stereocenters. The van der Waals surface area contributed by atoms with E-state index >= 15 is 0 Å². The standard InChI is InChI=1S/C22H26N2O3/c1-16-5-7-20(17(2)14-16)22(26)23-15-18-9-11-24(12-10-18)21(25)8-6-19-4-3-13-27-19/h3-8,13-14,18H,9-12,15H2,1-2H3,(H,23,26)/b8-6+. The third-order valence-electron chi connectivity index (χ3n) is 5.04. The lowest BCUT2D eigenvalue weighted by Crippen LogP contribution is -2.41. The molecule has 5 heteroatoms. The van der Waals surface area contributed by atoms with Crippen LogP contribution in [0.1, 0.15) is 40.1 Å². The Morgan fingerprint density at radius 3 is 2.67 bits per heavy atom. The molecule has 1 aliphatic rings. The Hall–Kier alpha value is -2.82. The van der Waals surface area contributed by atoms with Crippen molar-refractivity contribution in [3.8, 4) is 0 Å². The molecule has 0 spiro atoms. The molecule has 1 N–H and O–H groups in total. The normalized spacial score (nSPS) is 15.3. The maximum Gasteiger partial charge on any atom is 0.251 e. The molecule has 5 nitrogen and oxygen atoms in total. The lowest BCUT2D eigenvalue weighted by atomic mass is 9.96. The molecule has 1 aromatic carbocycles. The highest BCUT2D eigenvalue weighted by atomic mass is 16.3. The zero-order chi connectivity index (χ0) is 19.2. The van der Waals surface area contributed by atoms with Crippen molar-refractivity contribution in [3.63, 3.8) is 0 Å². The van der Waals surface area contributed by atoms with Crippen LogP contribution in [0.15, 0.2) is 47.1 Å². The number of benzene rings is 1. The van der Waals surface area contributed by atoms with Gasteiger partial charge in [0, 0.05) is 31.3 Å². The van der Waals surface area contributed by atoms with Crippen LogP contribution in [0.4, 0.5) is 0 Å². The Kier molecular flexibility index (Phi) is 6.12. The van der Waals surface area contributed by atoms with Gasteiger partial charge in [0.05, 0.1) is 6.26 Å². The van der Waals surface area contributed by atoms with Crippen LogP contribution in [0.5, 0.6) is 0 Å². The molecule has 0 atom stereocenters. The molecule has 142 valence electrons. The molecule has 0 saturated carbocycles. The first-order chi connectivity index (χ1) is 13.0. The van der Waals surface area contributed by atoms with Crippen molar-refractivity contribution in [1.29, 1.82) is 0 Å². The van der Waals surface area contributed by atoms with Crippen molar-refractivity contribution in [3.05, 3.63) is 65.1 Å². The summed E-state index contributed by atoms with van der Waals surface area (Å²) in [6.07, 6.45) is 6.63. The number of piperidine rings is 1. The monoisotopic (exact) mass is 366 g/mol. The van der Waals surface area contributed by atoms with Gasteiger partial charge in [0.1, 0.15) is 5.76 Å². The van der Waals surface area contributed by atoms with Crippen LogP contribution < -0.4 is 5.32 Å². The van der Waals surface area contributed by atoms with Gasteiger partial charge in [-0.05, 0) is 62.4 Å². The average molecular weight is 366 g/mol. The smallest absolute Gasteiger partial charge is 0.251 e. The second-order valence-electron chi connectivity index (χ2n) is 7.15. The van der Waals surface area contributed by atoms with Gasteiger partial charge in [-0.15, -0.1) is 0 Å². The SMILES string of the molecule is Cc1ccc(C(=O)NCC2CCN(C(=O)/C=C/c3ccco3)CC2)c(C)c1. The topological polar surface area (TPSA) is 62.6 Å². The fourth-order valence-electron chi connectivity index (χ4n) is 3.40. The van der Waals surface area contributed by atoms with E-state index in [2.05, 4.69) is 5.32 Å². The molecular formula is C22H26N2O3. The van der Waals surface area contributed by atoms with Gasteiger partial charge in [-0.25, -0.2) is 0 Å². The number of carbonyl (C=O) groups is 2. The van der Waals surface area contributed by atoms with Gasteiger partial charge >= 0.3 is 0 Å². The van der Waals surface area contributed by atoms with Crippen LogP contribution in [0.3, 0.4) is 0 Å². The number of nitrogens with zero attached hydrogens (tertiary/aromatic N) is 1. The highest BCUT2D eigenvalue weighted by molar-refractivity contribution is 5.95. The number of nitrogens with one attached hydrogen (secondary N) is 1. The van der Waals surface area contributed by atoms with Gasteiger partial charge in [0.2, 0.25) is 5.91 Å². The lowest BCUT2D eigenvalue weighted by molar-refractivity contribution is -0.127. The summed E-state index contributed by atoms with van der Waals surface area (Å²) in [5, 5.41) is 3.05. The number of carbonyl (C=O) groups excluding carboxylic acids is 2. The van der Waals surface area contributed by atoms with Gasteiger partial charge in [0.15, 0.2) is 0 Å². The first-order valence-electron chi connectivity index (χ1n) is 9.39. The molecule has 0 radical (unpaired) electrons. The molecule has 3 rings (SSSR count). The van der Waals surface area contributed by atoms with Crippen molar-refractivity contribution in [1.82, 2.24) is 10.2 Å². The van der Waals surface area contributed by atoms with Gasteiger partial charge in [-0.2, -0.15) is 0 Å². The summed E-state index contributed by atoms with van der Waals surface area (Å²) in [4.78, 5) is 26.5. The summed E-state index contributed by atoms with van der Waals surface area (Å²) in [5.74, 6) is 1.06. The Labute approximate surface area is 160 Å². The first kappa shape index (κ1) is 19.0. The summed E-state index contributed by atoms with van der Waals surface area (Å²) >= 11 is 0. The summed E-state index contributed by atoms with van der Waals surface area (Å²) in [6.45, 7) is 6.06. The number of hydrogen-bond donors (Lipinski definition) is 1. The minimum atomic E-state index is -0.0209. The van der Waals surface area contributed by atoms with Crippen LogP contribution in [0, 0.1) is 19.8 Å². The predicted molar refractivity (Wildman–Crippen MR) is 105 cm³/mol. The zero-order valence-corrected chi connectivity index (χ0v) is 15.9. The van der Waals surface area contributed by atoms with E-state index in [1.807, 2.05) is 43.0 Å². The number of likely N-dealkylation sites (tertiary alicyclic amines) is 1. The fourth-order valence-corrected chi connectivity index (χ4v) is 3.40. The first-order valence-corrected chi connectivity index (χ1v) is 9.39. The largest absolute Gasteiger partial charge is 0.465 e. The van der Waals surface area contributed by atoms with Crippen molar-refractivity contribution in [2.24, 2.45) is 5.92 Å². The van der Waals surface area contributed by atoms with E-state index in [1.54, 1.807) is 24.5 Å². The number of amides is 2. The molecule has 0 bridgehead atoms. The van der Waals surface area contributed by atoms with E-state index in [1.165, 1.54) is 0 Å². The van der Waals surface area contributed by atoms with Crippen LogP contribution in [-0.4, -0.2) is 36.3 Å². The second kappa shape index (κ2) is 8.71. The molecule has 1 aliphatic heterocycles. The molecule has 1 aromatic heterocycles. The maximum absolute atomic E-state index is 12.4. The van der Waals surface area contributed by atoms with E-state index in [0.29, 0.717) is 31.3 Å². The maximum atomic E-state index is 12.4. The molecule has 1 saturated heterocycles. The molecule has 2 amide bonds. The third-order valence-corrected chi connectivity index (χ3v) is 5.04. The van der Waals surface area contributed by atoms with Crippen LogP contribution in [-0.2, 0) is 4.79 Å². The van der Waals surface area contributed by atoms with Crippen LogP contribution in [0.25, 0.3) is 6.08 Å². The quantitative estimate of drug-likeness (QED) is 0.823. The van der Waals surface area contributed by atoms with E-state index in [-0.39, 0.29) is 11.8 Å². The Bertz CT molecular complexity index is 816. The number of hydrogen-bond acceptors (Lipinski definition) is 3. The van der Waals surface area contributed by atoms with Gasteiger partial charge in [-0.1, -0.05) is 17.7 Å². The number of furan rings is 1. The Balaban J connectivity index is 1.44. The average Bonchev–Trinajstić information content (AvgIpc) is 3.18. The summed E-state index contributed by atoms with van der Waals surface area (Å²) in [6, 6.07) is 9.47. The van der Waals surface area contributed by atoms with Crippen molar-refractivity contribution < 1.29 is 14.0 Å². The molecule has 0 aliphatic carbocycles. The molecule has 27 heavy (non-hydrogen) atoms. The van der Waals surface area contributed by atoms with E-state index in [0.717, 1.165) is 29.5 Å². The van der Waals surface area contributed by atoms with E-state index < -0.39 is 0 Å². The Morgan fingerprint density at radius 2 is 2.00 bits per heavy atom. The predicted octanol–water partition coefficient (Wildman–Crippen LogP) is 3.58. The zero-order valence-electron chi connectivity index (χ0n) is 15.9. The summed E-state index contributed by atoms with van der Waals surface area (Å²) in [5.41, 5.74) is 2.88. The van der Waals surface area contributed by atoms with Crippen molar-refractivity contribution in [2.45, 2.75) is 26.7 Å². The minimum absolute atomic E-state index is 0.00386. The summed E-state index contributed by atoms with van der Waals surface area (Å²) < 4.78 is 5.20.